The van der Waals surface area contributed by atoms with E-state index in [4.69, 9.17) is 23.1 Å². The van der Waals surface area contributed by atoms with E-state index in [1.165, 1.54) is 14.1 Å². The zero-order valence-electron chi connectivity index (χ0n) is 10.8. The van der Waals surface area contributed by atoms with Crippen molar-refractivity contribution in [3.05, 3.63) is 17.2 Å². The number of aliphatic imine (C=N–C) groups is 1. The van der Waals surface area contributed by atoms with Crippen molar-refractivity contribution in [3.63, 3.8) is 0 Å². The van der Waals surface area contributed by atoms with E-state index in [-0.39, 0.29) is 16.9 Å². The summed E-state index contributed by atoms with van der Waals surface area (Å²) in [7, 11) is 3.01. The number of guanidine groups is 1. The maximum atomic E-state index is 11.3. The number of aromatic amines is 1. The average Bonchev–Trinajstić information content (AvgIpc) is 2.67. The zero-order chi connectivity index (χ0) is 15.1. The Bertz CT molecular complexity index is 722. The molecule has 5 N–H and O–H groups in total. The zero-order valence-corrected chi connectivity index (χ0v) is 12.3. The first-order valence-electron chi connectivity index (χ1n) is 5.45. The number of hydrogen-bond acceptors (Lipinski definition) is 4. The number of nitrogens with two attached hydrogens (primary N) is 2. The molecule has 0 fully saturated rings. The first-order chi connectivity index (χ1) is 9.21. The number of quaternary nitrogens is 1. The minimum Gasteiger partial charge on any atom is -0.724 e. The monoisotopic (exact) mass is 316 g/mol. The summed E-state index contributed by atoms with van der Waals surface area (Å²) in [6.45, 7) is 0. The summed E-state index contributed by atoms with van der Waals surface area (Å²) >= 11 is 3.74. The van der Waals surface area contributed by atoms with Gasteiger partial charge in [0.2, 0.25) is 5.95 Å². The molecule has 0 bridgehead atoms. The lowest BCUT2D eigenvalue weighted by atomic mass is 10.2. The molecule has 1 unspecified atom stereocenters. The third-order valence-electron chi connectivity index (χ3n) is 2.73. The van der Waals surface area contributed by atoms with Gasteiger partial charge in [-0.2, -0.15) is 4.99 Å². The van der Waals surface area contributed by atoms with E-state index in [0.717, 1.165) is 0 Å². The van der Waals surface area contributed by atoms with Crippen LogP contribution in [0.25, 0.3) is 11.0 Å². The second-order valence-electron chi connectivity index (χ2n) is 4.49. The number of rotatable bonds is 3. The van der Waals surface area contributed by atoms with Crippen LogP contribution in [0.15, 0.2) is 17.1 Å². The van der Waals surface area contributed by atoms with Crippen LogP contribution in [0.5, 0.6) is 0 Å². The summed E-state index contributed by atoms with van der Waals surface area (Å²) in [6.07, 6.45) is 0. The second-order valence-corrected chi connectivity index (χ2v) is 6.24. The van der Waals surface area contributed by atoms with Gasteiger partial charge < -0.3 is 21.0 Å². The van der Waals surface area contributed by atoms with E-state index in [1.807, 2.05) is 0 Å². The van der Waals surface area contributed by atoms with Crippen LogP contribution in [0.2, 0.25) is 5.02 Å². The van der Waals surface area contributed by atoms with Crippen molar-refractivity contribution in [2.45, 2.75) is 0 Å². The summed E-state index contributed by atoms with van der Waals surface area (Å²) in [5, 5.41) is 0.287. The Labute approximate surface area is 122 Å². The lowest BCUT2D eigenvalue weighted by molar-refractivity contribution is 0.465. The number of nitrogens with zero attached hydrogens (tertiary/aromatic N) is 3. The highest BCUT2D eigenvalue weighted by Crippen LogP contribution is 2.34. The Morgan fingerprint density at radius 1 is 1.50 bits per heavy atom. The molecule has 0 amide bonds. The van der Waals surface area contributed by atoms with Gasteiger partial charge in [-0.3, -0.25) is 0 Å². The fourth-order valence-electron chi connectivity index (χ4n) is 1.67. The number of imidazole rings is 1. The molecular formula is C10H13ClN6O2S. The number of fused-ring (bicyclic) bond motifs is 1. The first-order valence-corrected chi connectivity index (χ1v) is 6.86. The summed E-state index contributed by atoms with van der Waals surface area (Å²) in [4.78, 5) is 10.8. The molecule has 0 radical (unpaired) electrons. The number of hydrogen-bond donors (Lipinski definition) is 3. The molecule has 2 aromatic rings. The van der Waals surface area contributed by atoms with E-state index in [1.54, 1.807) is 12.1 Å². The lowest BCUT2D eigenvalue weighted by Crippen LogP contribution is -2.42. The molecule has 1 atom stereocenters. The van der Waals surface area contributed by atoms with Crippen LogP contribution in [-0.4, -0.2) is 38.8 Å². The van der Waals surface area contributed by atoms with Gasteiger partial charge >= 0.3 is 0 Å². The molecule has 0 saturated heterocycles. The minimum absolute atomic E-state index is 0.132. The fraction of sp³-hybridized carbons (Fsp3) is 0.200. The summed E-state index contributed by atoms with van der Waals surface area (Å²) in [5.41, 5.74) is 12.1. The normalized spacial score (nSPS) is 13.4. The van der Waals surface area contributed by atoms with E-state index in [9.17, 15) is 8.76 Å². The van der Waals surface area contributed by atoms with Gasteiger partial charge in [0.05, 0.1) is 25.1 Å². The molecule has 0 saturated carbocycles. The van der Waals surface area contributed by atoms with Gasteiger partial charge in [0.25, 0.3) is 0 Å². The van der Waals surface area contributed by atoms with Crippen LogP contribution >= 0.6 is 11.6 Å². The molecule has 1 aromatic heterocycles. The topological polar surface area (TPSA) is 133 Å². The van der Waals surface area contributed by atoms with Gasteiger partial charge in [0.15, 0.2) is 22.9 Å². The van der Waals surface area contributed by atoms with Crippen molar-refractivity contribution in [2.24, 2.45) is 16.5 Å². The molecule has 0 spiro atoms. The maximum Gasteiger partial charge on any atom is 0.231 e. The number of benzene rings is 1. The van der Waals surface area contributed by atoms with Crippen LogP contribution in [0.1, 0.15) is 0 Å². The second kappa shape index (κ2) is 5.02. The van der Waals surface area contributed by atoms with E-state index >= 15 is 0 Å². The number of halogens is 1. The van der Waals surface area contributed by atoms with Gasteiger partial charge in [0, 0.05) is 6.07 Å². The molecule has 1 heterocycles. The first kappa shape index (κ1) is 14.7. The van der Waals surface area contributed by atoms with Crippen LogP contribution in [-0.2, 0) is 11.3 Å². The molecular weight excluding hydrogens is 304 g/mol. The maximum absolute atomic E-state index is 11.3. The van der Waals surface area contributed by atoms with Crippen molar-refractivity contribution in [3.8, 4) is 0 Å². The highest BCUT2D eigenvalue weighted by atomic mass is 35.5. The minimum atomic E-state index is -2.38. The Kier molecular flexibility index (Phi) is 3.69. The number of nitrogens with one attached hydrogen (secondary N) is 1. The predicted octanol–water partition coefficient (Wildman–Crippen LogP) is 0.482. The summed E-state index contributed by atoms with van der Waals surface area (Å²) in [5.74, 6) is 0.0916. The highest BCUT2D eigenvalue weighted by molar-refractivity contribution is 7.78. The molecule has 1 aromatic carbocycles. The molecule has 8 nitrogen and oxygen atoms in total. The van der Waals surface area contributed by atoms with Gasteiger partial charge in [0.1, 0.15) is 5.02 Å². The largest absolute Gasteiger partial charge is 0.724 e. The molecule has 0 aliphatic rings. The SMILES string of the molecule is C[N+](C)(c1cc2[nH]c(N=C(N)N)nc2cc1Cl)S(=O)[O-]. The Morgan fingerprint density at radius 2 is 2.15 bits per heavy atom. The summed E-state index contributed by atoms with van der Waals surface area (Å²) < 4.78 is 22.2. The van der Waals surface area contributed by atoms with Gasteiger partial charge in [-0.1, -0.05) is 11.6 Å². The molecule has 20 heavy (non-hydrogen) atoms. The van der Waals surface area contributed by atoms with Gasteiger partial charge in [-0.25, -0.2) is 13.1 Å². The quantitative estimate of drug-likeness (QED) is 0.328. The van der Waals surface area contributed by atoms with Gasteiger partial charge in [-0.05, 0) is 6.07 Å². The van der Waals surface area contributed by atoms with Crippen LogP contribution in [0.4, 0.5) is 11.6 Å². The van der Waals surface area contributed by atoms with E-state index in [0.29, 0.717) is 16.7 Å². The highest BCUT2D eigenvalue weighted by Gasteiger charge is 2.25. The lowest BCUT2D eigenvalue weighted by Gasteiger charge is -2.29. The average molecular weight is 317 g/mol. The van der Waals surface area contributed by atoms with Crippen molar-refractivity contribution in [2.75, 3.05) is 14.1 Å². The van der Waals surface area contributed by atoms with Crippen LogP contribution in [0.3, 0.4) is 0 Å². The third-order valence-corrected chi connectivity index (χ3v) is 3.97. The Hall–Kier alpha value is -1.68. The fourth-order valence-corrected chi connectivity index (χ4v) is 2.41. The van der Waals surface area contributed by atoms with Crippen LogP contribution in [0, 0.1) is 0 Å². The molecule has 2 rings (SSSR count). The van der Waals surface area contributed by atoms with Crippen molar-refractivity contribution in [1.82, 2.24) is 13.9 Å². The third kappa shape index (κ3) is 2.61. The molecule has 108 valence electrons. The van der Waals surface area contributed by atoms with Crippen molar-refractivity contribution >= 4 is 51.5 Å². The summed E-state index contributed by atoms with van der Waals surface area (Å²) in [6, 6.07) is 3.16. The number of H-pyrrole nitrogens is 1. The number of aromatic nitrogens is 2. The molecule has 0 aliphatic heterocycles. The van der Waals surface area contributed by atoms with Crippen molar-refractivity contribution < 1.29 is 8.76 Å². The van der Waals surface area contributed by atoms with Gasteiger partial charge in [-0.15, -0.1) is 0 Å². The Morgan fingerprint density at radius 3 is 2.70 bits per heavy atom. The molecule has 0 aliphatic carbocycles. The predicted molar refractivity (Wildman–Crippen MR) is 79.1 cm³/mol. The van der Waals surface area contributed by atoms with E-state index in [2.05, 4.69) is 15.0 Å². The standard InChI is InChI=1S/C10H13ClN6O2S/c1-17(2,20(18)19)8-4-7-6(3-5(8)11)14-10(15-7)16-9(12)13/h3-4H,1-2H3,(H5-,12,13,14,15,16,18,19). The molecule has 10 heteroatoms. The van der Waals surface area contributed by atoms with E-state index < -0.39 is 15.2 Å². The van der Waals surface area contributed by atoms with Crippen LogP contribution < -0.4 is 15.4 Å². The smallest absolute Gasteiger partial charge is 0.231 e. The van der Waals surface area contributed by atoms with Crippen molar-refractivity contribution in [1.29, 1.82) is 0 Å². The Balaban J connectivity index is 2.63.